The van der Waals surface area contributed by atoms with Crippen molar-refractivity contribution >= 4 is 27.7 Å². The summed E-state index contributed by atoms with van der Waals surface area (Å²) < 4.78 is 2.93. The number of rotatable bonds is 7. The van der Waals surface area contributed by atoms with E-state index in [0.29, 0.717) is 6.42 Å². The van der Waals surface area contributed by atoms with Gasteiger partial charge in [0, 0.05) is 23.4 Å². The minimum absolute atomic E-state index is 0.0339. The summed E-state index contributed by atoms with van der Waals surface area (Å²) in [7, 11) is 0. The largest absolute Gasteiger partial charge is 0.369 e. The molecular weight excluding hydrogens is 444 g/mol. The molecule has 2 amide bonds. The number of carbonyl (C=O) groups excluding carboxylic acids is 2. The second kappa shape index (κ2) is 6.67. The van der Waals surface area contributed by atoms with E-state index < -0.39 is 16.7 Å². The number of nitrogens with zero attached hydrogens (tertiary/aromatic N) is 2. The maximum Gasteiger partial charge on any atom is 0.229 e. The molecule has 3 aliphatic rings. The third-order valence-corrected chi connectivity index (χ3v) is 8.98. The summed E-state index contributed by atoms with van der Waals surface area (Å²) in [6, 6.07) is 7.78. The van der Waals surface area contributed by atoms with Gasteiger partial charge >= 0.3 is 0 Å². The highest BCUT2D eigenvalue weighted by atomic mass is 79.9. The second-order valence-electron chi connectivity index (χ2n) is 9.33. The molecule has 3 fully saturated rings. The second-order valence-corrected chi connectivity index (χ2v) is 10.3. The Morgan fingerprint density at radius 2 is 1.80 bits per heavy atom. The van der Waals surface area contributed by atoms with Gasteiger partial charge in [0.15, 0.2) is 0 Å². The topological polar surface area (TPSA) is 104 Å². The quantitative estimate of drug-likeness (QED) is 0.648. The van der Waals surface area contributed by atoms with Gasteiger partial charge in [0.25, 0.3) is 0 Å². The van der Waals surface area contributed by atoms with Crippen LogP contribution in [0.15, 0.2) is 47.5 Å². The summed E-state index contributed by atoms with van der Waals surface area (Å²) in [5.41, 5.74) is 11.4. The van der Waals surface area contributed by atoms with Crippen molar-refractivity contribution in [2.75, 3.05) is 0 Å². The molecule has 1 aromatic carbocycles. The zero-order chi connectivity index (χ0) is 21.1. The van der Waals surface area contributed by atoms with Crippen LogP contribution in [-0.4, -0.2) is 21.4 Å². The lowest BCUT2D eigenvalue weighted by Gasteiger charge is -2.50. The van der Waals surface area contributed by atoms with Crippen LogP contribution in [0.25, 0.3) is 0 Å². The molecule has 3 saturated carbocycles. The molecule has 30 heavy (non-hydrogen) atoms. The van der Waals surface area contributed by atoms with Crippen molar-refractivity contribution in [2.24, 2.45) is 34.1 Å². The number of amides is 2. The lowest BCUT2D eigenvalue weighted by atomic mass is 9.51. The van der Waals surface area contributed by atoms with Gasteiger partial charge < -0.3 is 16.0 Å². The van der Waals surface area contributed by atoms with Crippen molar-refractivity contribution in [3.63, 3.8) is 0 Å². The summed E-state index contributed by atoms with van der Waals surface area (Å²) in [5.74, 6) is -0.570. The normalized spacial score (nSPS) is 33.1. The fraction of sp³-hybridized carbons (Fsp3) is 0.522. The van der Waals surface area contributed by atoms with E-state index >= 15 is 0 Å². The Labute approximate surface area is 184 Å². The number of carbonyl (C=O) groups is 2. The van der Waals surface area contributed by atoms with Gasteiger partial charge in [0.1, 0.15) is 0 Å². The van der Waals surface area contributed by atoms with Crippen molar-refractivity contribution < 1.29 is 9.59 Å². The molecule has 6 nitrogen and oxygen atoms in total. The zero-order valence-corrected chi connectivity index (χ0v) is 18.5. The molecule has 4 atom stereocenters. The fourth-order valence-corrected chi connectivity index (χ4v) is 7.75. The van der Waals surface area contributed by atoms with E-state index in [2.05, 4.69) is 20.9 Å². The van der Waals surface area contributed by atoms with E-state index in [9.17, 15) is 9.59 Å². The van der Waals surface area contributed by atoms with Gasteiger partial charge in [-0.3, -0.25) is 9.59 Å². The first-order chi connectivity index (χ1) is 14.4. The standard InChI is InChI=1S/C23H27BrN4O2/c24-16-4-2-15(3-5-16)23(20(26)30)18-7-6-17(21(18)9-10-21)22(23,19(25)29)8-1-12-28-13-11-27-14-28/h2-5,11,13-14,17-18H,1,6-10,12H2,(H2,25,29)(H2,26,30)/t17-,18+,22+,23-/m1/s1. The van der Waals surface area contributed by atoms with Crippen LogP contribution in [0, 0.1) is 22.7 Å². The SMILES string of the molecule is NC(=O)[C@]1(CCCn2ccnc2)[C@@H]2CC[C@@H](C23CC3)[C@@]1(C(N)=O)c1ccc(Br)cc1. The van der Waals surface area contributed by atoms with E-state index in [1.807, 2.05) is 35.0 Å². The van der Waals surface area contributed by atoms with E-state index in [0.717, 1.165) is 48.7 Å². The number of aryl methyl sites for hydroxylation is 1. The van der Waals surface area contributed by atoms with Crippen LogP contribution in [0.2, 0.25) is 0 Å². The van der Waals surface area contributed by atoms with Gasteiger partial charge in [0.2, 0.25) is 11.8 Å². The number of benzene rings is 1. The smallest absolute Gasteiger partial charge is 0.229 e. The third-order valence-electron chi connectivity index (χ3n) is 8.46. The van der Waals surface area contributed by atoms with Gasteiger partial charge in [-0.25, -0.2) is 4.98 Å². The van der Waals surface area contributed by atoms with Gasteiger partial charge in [-0.1, -0.05) is 28.1 Å². The third kappa shape index (κ3) is 2.33. The number of primary amides is 2. The van der Waals surface area contributed by atoms with Crippen LogP contribution in [-0.2, 0) is 21.5 Å². The van der Waals surface area contributed by atoms with Crippen LogP contribution < -0.4 is 11.5 Å². The van der Waals surface area contributed by atoms with Crippen LogP contribution in [0.1, 0.15) is 44.1 Å². The van der Waals surface area contributed by atoms with Crippen molar-refractivity contribution in [2.45, 2.75) is 50.5 Å². The van der Waals surface area contributed by atoms with Gasteiger partial charge in [0.05, 0.1) is 17.2 Å². The van der Waals surface area contributed by atoms with Crippen molar-refractivity contribution in [3.05, 3.63) is 53.0 Å². The molecule has 1 aromatic heterocycles. The monoisotopic (exact) mass is 470 g/mol. The Morgan fingerprint density at radius 1 is 1.10 bits per heavy atom. The molecule has 5 rings (SSSR count). The minimum Gasteiger partial charge on any atom is -0.369 e. The number of imidazole rings is 1. The van der Waals surface area contributed by atoms with E-state index in [1.165, 1.54) is 0 Å². The van der Waals surface area contributed by atoms with Crippen LogP contribution >= 0.6 is 15.9 Å². The Hall–Kier alpha value is -2.15. The average molecular weight is 471 g/mol. The highest BCUT2D eigenvalue weighted by Crippen LogP contribution is 2.82. The summed E-state index contributed by atoms with van der Waals surface area (Å²) in [6.07, 6.45) is 10.7. The maximum absolute atomic E-state index is 13.4. The molecule has 0 unspecified atom stereocenters. The molecule has 0 saturated heterocycles. The Kier molecular flexibility index (Phi) is 4.40. The molecule has 2 bridgehead atoms. The van der Waals surface area contributed by atoms with E-state index in [1.54, 1.807) is 12.5 Å². The number of halogens is 1. The molecule has 158 valence electrons. The van der Waals surface area contributed by atoms with Gasteiger partial charge in [-0.15, -0.1) is 0 Å². The van der Waals surface area contributed by atoms with Crippen molar-refractivity contribution in [1.29, 1.82) is 0 Å². The highest BCUT2D eigenvalue weighted by Gasteiger charge is 2.83. The summed E-state index contributed by atoms with van der Waals surface area (Å²) in [5, 5.41) is 0. The first kappa shape index (κ1) is 19.8. The lowest BCUT2D eigenvalue weighted by molar-refractivity contribution is -0.147. The fourth-order valence-electron chi connectivity index (χ4n) is 7.49. The Morgan fingerprint density at radius 3 is 2.37 bits per heavy atom. The summed E-state index contributed by atoms with van der Waals surface area (Å²) in [4.78, 5) is 30.9. The summed E-state index contributed by atoms with van der Waals surface area (Å²) >= 11 is 3.49. The molecule has 0 radical (unpaired) electrons. The van der Waals surface area contributed by atoms with Crippen LogP contribution in [0.5, 0.6) is 0 Å². The minimum atomic E-state index is -1.05. The number of hydrogen-bond acceptors (Lipinski definition) is 3. The van der Waals surface area contributed by atoms with E-state index in [-0.39, 0.29) is 23.2 Å². The Bertz CT molecular complexity index is 985. The van der Waals surface area contributed by atoms with Crippen molar-refractivity contribution in [1.82, 2.24) is 9.55 Å². The molecule has 4 N–H and O–H groups in total. The predicted octanol–water partition coefficient (Wildman–Crippen LogP) is 3.14. The highest BCUT2D eigenvalue weighted by molar-refractivity contribution is 9.10. The molecular formula is C23H27BrN4O2. The average Bonchev–Trinajstić information content (AvgIpc) is 3.08. The molecule has 1 heterocycles. The van der Waals surface area contributed by atoms with Crippen LogP contribution in [0.3, 0.4) is 0 Å². The molecule has 1 spiro atoms. The lowest BCUT2D eigenvalue weighted by Crippen LogP contribution is -2.63. The van der Waals surface area contributed by atoms with Gasteiger partial charge in [-0.05, 0) is 73.5 Å². The first-order valence-corrected chi connectivity index (χ1v) is 11.5. The number of aromatic nitrogens is 2. The number of hydrogen-bond donors (Lipinski definition) is 2. The summed E-state index contributed by atoms with van der Waals surface area (Å²) in [6.45, 7) is 0.731. The van der Waals surface area contributed by atoms with Crippen LogP contribution in [0.4, 0.5) is 0 Å². The molecule has 7 heteroatoms. The molecule has 2 aromatic rings. The van der Waals surface area contributed by atoms with Crippen molar-refractivity contribution in [3.8, 4) is 0 Å². The number of nitrogens with two attached hydrogens (primary N) is 2. The van der Waals surface area contributed by atoms with E-state index in [4.69, 9.17) is 11.5 Å². The predicted molar refractivity (Wildman–Crippen MR) is 116 cm³/mol. The van der Waals surface area contributed by atoms with Gasteiger partial charge in [-0.2, -0.15) is 0 Å². The Balaban J connectivity index is 1.66. The molecule has 3 aliphatic carbocycles. The maximum atomic E-state index is 13.4. The first-order valence-electron chi connectivity index (χ1n) is 10.7. The molecule has 0 aliphatic heterocycles. The zero-order valence-electron chi connectivity index (χ0n) is 16.9.